The SMILES string of the molecule is c1ccc(-c2nc(-c3cccc(-c4ccc5c6ccccc6c6ccccc6c5c4)c3)nc(-c3ccc4c(c3)oc3ccccc34)n2)cc1. The van der Waals surface area contributed by atoms with Crippen LogP contribution in [0.5, 0.6) is 0 Å². The molecule has 0 saturated heterocycles. The van der Waals surface area contributed by atoms with Gasteiger partial charge in [0.15, 0.2) is 17.5 Å². The van der Waals surface area contributed by atoms with E-state index >= 15 is 0 Å². The smallest absolute Gasteiger partial charge is 0.164 e. The highest BCUT2D eigenvalue weighted by molar-refractivity contribution is 6.25. The summed E-state index contributed by atoms with van der Waals surface area (Å²) in [5.74, 6) is 1.84. The van der Waals surface area contributed by atoms with Gasteiger partial charge < -0.3 is 4.42 Å². The van der Waals surface area contributed by atoms with Crippen molar-refractivity contribution >= 4 is 54.3 Å². The summed E-state index contributed by atoms with van der Waals surface area (Å²) < 4.78 is 6.22. The van der Waals surface area contributed by atoms with E-state index in [-0.39, 0.29) is 0 Å². The number of hydrogen-bond acceptors (Lipinski definition) is 4. The predicted molar refractivity (Wildman–Crippen MR) is 201 cm³/mol. The van der Waals surface area contributed by atoms with Crippen LogP contribution in [0.15, 0.2) is 168 Å². The number of nitrogens with zero attached hydrogens (tertiary/aromatic N) is 3. The van der Waals surface area contributed by atoms with Gasteiger partial charge in [-0.15, -0.1) is 0 Å². The molecule has 10 aromatic rings. The summed E-state index contributed by atoms with van der Waals surface area (Å²) in [4.78, 5) is 15.0. The Balaban J connectivity index is 1.13. The van der Waals surface area contributed by atoms with Crippen LogP contribution in [0.25, 0.3) is 99.5 Å². The van der Waals surface area contributed by atoms with E-state index in [0.29, 0.717) is 17.5 Å². The molecule has 0 bridgehead atoms. The quantitative estimate of drug-likeness (QED) is 0.183. The third-order valence-electron chi connectivity index (χ3n) is 9.50. The molecule has 4 nitrogen and oxygen atoms in total. The van der Waals surface area contributed by atoms with Crippen LogP contribution in [0.2, 0.25) is 0 Å². The Morgan fingerprint density at radius 1 is 0.265 bits per heavy atom. The van der Waals surface area contributed by atoms with Gasteiger partial charge in [0.05, 0.1) is 0 Å². The number of para-hydroxylation sites is 1. The van der Waals surface area contributed by atoms with Gasteiger partial charge in [0.2, 0.25) is 0 Å². The Morgan fingerprint density at radius 3 is 1.43 bits per heavy atom. The molecule has 228 valence electrons. The van der Waals surface area contributed by atoms with E-state index < -0.39 is 0 Å². The van der Waals surface area contributed by atoms with Gasteiger partial charge in [0.1, 0.15) is 11.2 Å². The summed E-state index contributed by atoms with van der Waals surface area (Å²) in [5.41, 5.74) is 6.64. The van der Waals surface area contributed by atoms with E-state index in [1.165, 1.54) is 32.3 Å². The maximum Gasteiger partial charge on any atom is 0.164 e. The van der Waals surface area contributed by atoms with Crippen LogP contribution in [0.3, 0.4) is 0 Å². The van der Waals surface area contributed by atoms with E-state index in [9.17, 15) is 0 Å². The topological polar surface area (TPSA) is 51.8 Å². The van der Waals surface area contributed by atoms with Crippen LogP contribution in [-0.4, -0.2) is 15.0 Å². The van der Waals surface area contributed by atoms with Gasteiger partial charge in [-0.3, -0.25) is 0 Å². The zero-order chi connectivity index (χ0) is 32.3. The van der Waals surface area contributed by atoms with Crippen LogP contribution in [0, 0.1) is 0 Å². The Morgan fingerprint density at radius 2 is 0.714 bits per heavy atom. The normalized spacial score (nSPS) is 11.7. The fraction of sp³-hybridized carbons (Fsp3) is 0. The van der Waals surface area contributed by atoms with E-state index in [0.717, 1.165) is 49.8 Å². The number of benzene rings is 8. The van der Waals surface area contributed by atoms with Crippen molar-refractivity contribution in [3.05, 3.63) is 164 Å². The second kappa shape index (κ2) is 11.0. The third kappa shape index (κ3) is 4.57. The molecular weight excluding hydrogens is 599 g/mol. The summed E-state index contributed by atoms with van der Waals surface area (Å²) in [5, 5.41) is 9.73. The molecule has 4 heteroatoms. The summed E-state index contributed by atoms with van der Waals surface area (Å²) >= 11 is 0. The van der Waals surface area contributed by atoms with Gasteiger partial charge in [-0.1, -0.05) is 133 Å². The first-order valence-electron chi connectivity index (χ1n) is 16.4. The predicted octanol–water partition coefficient (Wildman–Crippen LogP) is 11.9. The van der Waals surface area contributed by atoms with Gasteiger partial charge in [0, 0.05) is 27.5 Å². The molecule has 49 heavy (non-hydrogen) atoms. The molecule has 0 fully saturated rings. The van der Waals surface area contributed by atoms with Crippen molar-refractivity contribution in [3.63, 3.8) is 0 Å². The first-order chi connectivity index (χ1) is 24.3. The van der Waals surface area contributed by atoms with Crippen LogP contribution in [0.4, 0.5) is 0 Å². The molecule has 0 atom stereocenters. The molecule has 2 heterocycles. The monoisotopic (exact) mass is 625 g/mol. The van der Waals surface area contributed by atoms with Gasteiger partial charge in [0.25, 0.3) is 0 Å². The molecule has 0 saturated carbocycles. The largest absolute Gasteiger partial charge is 0.456 e. The minimum Gasteiger partial charge on any atom is -0.456 e. The molecule has 10 rings (SSSR count). The highest BCUT2D eigenvalue weighted by Gasteiger charge is 2.16. The van der Waals surface area contributed by atoms with E-state index in [4.69, 9.17) is 19.4 Å². The molecule has 0 radical (unpaired) electrons. The standard InChI is InChI=1S/C45H27N3O/c1-2-11-28(12-3-1)43-46-44(48-45(47-43)32-22-24-39-38-19-8-9-20-41(38)49-42(39)27-32)31-14-10-13-29(25-31)30-21-23-37-35-17-5-4-15-33(35)34-16-6-7-18-36(34)40(37)26-30/h1-27H. The van der Waals surface area contributed by atoms with Gasteiger partial charge in [-0.2, -0.15) is 0 Å². The van der Waals surface area contributed by atoms with Crippen molar-refractivity contribution < 1.29 is 4.42 Å². The van der Waals surface area contributed by atoms with Gasteiger partial charge >= 0.3 is 0 Å². The van der Waals surface area contributed by atoms with Crippen molar-refractivity contribution in [1.29, 1.82) is 0 Å². The Bertz CT molecular complexity index is 2860. The lowest BCUT2D eigenvalue weighted by molar-refractivity contribution is 0.669. The van der Waals surface area contributed by atoms with E-state index in [2.05, 4.69) is 109 Å². The summed E-state index contributed by atoms with van der Waals surface area (Å²) in [6.07, 6.45) is 0. The average Bonchev–Trinajstić information content (AvgIpc) is 3.56. The molecule has 0 aliphatic rings. The van der Waals surface area contributed by atoms with Gasteiger partial charge in [-0.25, -0.2) is 15.0 Å². The number of hydrogen-bond donors (Lipinski definition) is 0. The first-order valence-corrected chi connectivity index (χ1v) is 16.4. The van der Waals surface area contributed by atoms with Crippen molar-refractivity contribution in [2.24, 2.45) is 0 Å². The summed E-state index contributed by atoms with van der Waals surface area (Å²) in [6, 6.07) is 57.0. The molecule has 0 aliphatic heterocycles. The molecule has 0 unspecified atom stereocenters. The maximum atomic E-state index is 6.22. The minimum atomic E-state index is 0.598. The molecular formula is C45H27N3O. The molecule has 2 aromatic heterocycles. The van der Waals surface area contributed by atoms with Gasteiger partial charge in [-0.05, 0) is 73.8 Å². The minimum absolute atomic E-state index is 0.598. The van der Waals surface area contributed by atoms with Crippen molar-refractivity contribution in [2.75, 3.05) is 0 Å². The zero-order valence-corrected chi connectivity index (χ0v) is 26.3. The summed E-state index contributed by atoms with van der Waals surface area (Å²) in [7, 11) is 0. The number of aromatic nitrogens is 3. The van der Waals surface area contributed by atoms with Crippen molar-refractivity contribution in [1.82, 2.24) is 15.0 Å². The van der Waals surface area contributed by atoms with E-state index in [1.807, 2.05) is 54.6 Å². The molecule has 0 N–H and O–H groups in total. The van der Waals surface area contributed by atoms with Crippen LogP contribution in [-0.2, 0) is 0 Å². The van der Waals surface area contributed by atoms with Crippen LogP contribution >= 0.6 is 0 Å². The Kier molecular flexibility index (Phi) is 6.15. The first kappa shape index (κ1) is 27.5. The van der Waals surface area contributed by atoms with Crippen LogP contribution in [0.1, 0.15) is 0 Å². The fourth-order valence-electron chi connectivity index (χ4n) is 7.14. The second-order valence-corrected chi connectivity index (χ2v) is 12.4. The third-order valence-corrected chi connectivity index (χ3v) is 9.50. The number of rotatable bonds is 4. The second-order valence-electron chi connectivity index (χ2n) is 12.4. The molecule has 8 aromatic carbocycles. The van der Waals surface area contributed by atoms with E-state index in [1.54, 1.807) is 0 Å². The van der Waals surface area contributed by atoms with Crippen molar-refractivity contribution in [3.8, 4) is 45.3 Å². The lowest BCUT2D eigenvalue weighted by atomic mass is 9.92. The highest BCUT2D eigenvalue weighted by atomic mass is 16.3. The number of fused-ring (bicyclic) bond motifs is 9. The van der Waals surface area contributed by atoms with Crippen LogP contribution < -0.4 is 0 Å². The molecule has 0 amide bonds. The number of furan rings is 1. The maximum absolute atomic E-state index is 6.22. The fourth-order valence-corrected chi connectivity index (χ4v) is 7.14. The molecule has 0 aliphatic carbocycles. The van der Waals surface area contributed by atoms with Crippen molar-refractivity contribution in [2.45, 2.75) is 0 Å². The lowest BCUT2D eigenvalue weighted by Gasteiger charge is -2.13. The molecule has 0 spiro atoms. The zero-order valence-electron chi connectivity index (χ0n) is 26.3. The lowest BCUT2D eigenvalue weighted by Crippen LogP contribution is -2.00. The Labute approximate surface area is 282 Å². The highest BCUT2D eigenvalue weighted by Crippen LogP contribution is 2.38. The Hall–Kier alpha value is -6.65. The average molecular weight is 626 g/mol. The summed E-state index contributed by atoms with van der Waals surface area (Å²) in [6.45, 7) is 0.